The van der Waals surface area contributed by atoms with Crippen LogP contribution in [-0.4, -0.2) is 38.2 Å². The van der Waals surface area contributed by atoms with Crippen LogP contribution in [0.5, 0.6) is 5.75 Å². The summed E-state index contributed by atoms with van der Waals surface area (Å²) in [4.78, 5) is 27.9. The van der Waals surface area contributed by atoms with Gasteiger partial charge in [-0.05, 0) is 79.6 Å². The molecular formula is C28H30N4O3. The maximum Gasteiger partial charge on any atom is 0.287 e. The Labute approximate surface area is 206 Å². The highest BCUT2D eigenvalue weighted by atomic mass is 16.5. The molecule has 35 heavy (non-hydrogen) atoms. The van der Waals surface area contributed by atoms with E-state index in [0.29, 0.717) is 5.56 Å². The number of carbonyl (C=O) groups is 2. The van der Waals surface area contributed by atoms with E-state index in [9.17, 15) is 9.59 Å². The molecule has 180 valence electrons. The molecule has 3 aromatic rings. The second kappa shape index (κ2) is 12.7. The van der Waals surface area contributed by atoms with Crippen molar-refractivity contribution < 1.29 is 14.3 Å². The van der Waals surface area contributed by atoms with E-state index in [1.165, 1.54) is 6.21 Å². The lowest BCUT2D eigenvalue weighted by atomic mass is 10.1. The van der Waals surface area contributed by atoms with Gasteiger partial charge in [0.15, 0.2) is 0 Å². The molecule has 0 radical (unpaired) electrons. The van der Waals surface area contributed by atoms with Crippen LogP contribution in [0.2, 0.25) is 0 Å². The lowest BCUT2D eigenvalue weighted by Crippen LogP contribution is -2.32. The largest absolute Gasteiger partial charge is 0.497 e. The number of anilines is 1. The monoisotopic (exact) mass is 470 g/mol. The first-order valence-electron chi connectivity index (χ1n) is 11.4. The van der Waals surface area contributed by atoms with Crippen LogP contribution in [0.1, 0.15) is 35.3 Å². The Morgan fingerprint density at radius 1 is 0.886 bits per heavy atom. The summed E-state index contributed by atoms with van der Waals surface area (Å²) in [5.74, 6) is -0.190. The molecule has 0 aliphatic carbocycles. The van der Waals surface area contributed by atoms with Gasteiger partial charge in [-0.1, -0.05) is 30.3 Å². The quantitative estimate of drug-likeness (QED) is 0.260. The van der Waals surface area contributed by atoms with Crippen LogP contribution in [0.3, 0.4) is 0 Å². The van der Waals surface area contributed by atoms with E-state index in [1.54, 1.807) is 49.6 Å². The van der Waals surface area contributed by atoms with Crippen LogP contribution in [0, 0.1) is 0 Å². The van der Waals surface area contributed by atoms with Gasteiger partial charge < -0.3 is 15.0 Å². The number of nitrogens with zero attached hydrogens (tertiary/aromatic N) is 2. The predicted octanol–water partition coefficient (Wildman–Crippen LogP) is 4.46. The van der Waals surface area contributed by atoms with E-state index in [2.05, 4.69) is 34.6 Å². The molecule has 3 aromatic carbocycles. The zero-order chi connectivity index (χ0) is 25.0. The summed E-state index contributed by atoms with van der Waals surface area (Å²) >= 11 is 0. The molecule has 0 aliphatic heterocycles. The average molecular weight is 471 g/mol. The Balaban J connectivity index is 1.80. The number of hydrazone groups is 1. The summed E-state index contributed by atoms with van der Waals surface area (Å²) in [6.07, 6.45) is 3.15. The number of methoxy groups -OCH3 is 1. The molecule has 2 amide bonds. The van der Waals surface area contributed by atoms with Crippen LogP contribution in [0.25, 0.3) is 6.08 Å². The highest BCUT2D eigenvalue weighted by Crippen LogP contribution is 2.17. The Kier molecular flexibility index (Phi) is 9.19. The maximum atomic E-state index is 12.9. The molecule has 7 heteroatoms. The second-order valence-electron chi connectivity index (χ2n) is 7.61. The van der Waals surface area contributed by atoms with Crippen molar-refractivity contribution in [3.63, 3.8) is 0 Å². The van der Waals surface area contributed by atoms with E-state index in [1.807, 2.05) is 42.5 Å². The van der Waals surface area contributed by atoms with Crippen LogP contribution in [-0.2, 0) is 4.79 Å². The normalized spacial score (nSPS) is 11.2. The molecule has 7 nitrogen and oxygen atoms in total. The third-order valence-electron chi connectivity index (χ3n) is 5.36. The maximum absolute atomic E-state index is 12.9. The van der Waals surface area contributed by atoms with Crippen LogP contribution in [0.4, 0.5) is 5.69 Å². The topological polar surface area (TPSA) is 83.0 Å². The fraction of sp³-hybridized carbons (Fsp3) is 0.179. The highest BCUT2D eigenvalue weighted by molar-refractivity contribution is 6.05. The first-order chi connectivity index (χ1) is 17.0. The molecule has 0 saturated carbocycles. The minimum Gasteiger partial charge on any atom is -0.497 e. The summed E-state index contributed by atoms with van der Waals surface area (Å²) in [6.45, 7) is 6.01. The summed E-state index contributed by atoms with van der Waals surface area (Å²) in [7, 11) is 1.60. The van der Waals surface area contributed by atoms with Crippen molar-refractivity contribution in [2.45, 2.75) is 13.8 Å². The van der Waals surface area contributed by atoms with E-state index in [4.69, 9.17) is 4.74 Å². The fourth-order valence-corrected chi connectivity index (χ4v) is 3.39. The third-order valence-corrected chi connectivity index (χ3v) is 5.36. The van der Waals surface area contributed by atoms with Crippen LogP contribution >= 0.6 is 0 Å². The zero-order valence-electron chi connectivity index (χ0n) is 20.2. The number of amides is 2. The molecule has 0 aliphatic rings. The number of ether oxygens (including phenoxy) is 1. The van der Waals surface area contributed by atoms with Crippen molar-refractivity contribution in [2.24, 2.45) is 5.10 Å². The Morgan fingerprint density at radius 2 is 1.51 bits per heavy atom. The first kappa shape index (κ1) is 25.2. The SMILES string of the molecule is CCN(CC)c1ccc(C=C(NC(=O)c2ccccc2)C(=O)NN=Cc2ccc(OC)cc2)cc1. The molecule has 2 N–H and O–H groups in total. The molecule has 3 rings (SSSR count). The highest BCUT2D eigenvalue weighted by Gasteiger charge is 2.14. The van der Waals surface area contributed by atoms with Gasteiger partial charge in [-0.2, -0.15) is 5.10 Å². The van der Waals surface area contributed by atoms with Gasteiger partial charge in [-0.3, -0.25) is 9.59 Å². The number of rotatable bonds is 10. The summed E-state index contributed by atoms with van der Waals surface area (Å²) in [5.41, 5.74) is 5.68. The second-order valence-corrected chi connectivity index (χ2v) is 7.61. The van der Waals surface area contributed by atoms with E-state index < -0.39 is 5.91 Å². The van der Waals surface area contributed by atoms with E-state index in [-0.39, 0.29) is 11.6 Å². The van der Waals surface area contributed by atoms with Crippen molar-refractivity contribution in [3.05, 3.63) is 101 Å². The fourth-order valence-electron chi connectivity index (χ4n) is 3.39. The van der Waals surface area contributed by atoms with Crippen LogP contribution in [0.15, 0.2) is 89.7 Å². The molecule has 0 atom stereocenters. The summed E-state index contributed by atoms with van der Waals surface area (Å²) in [6, 6.07) is 23.8. The minimum absolute atomic E-state index is 0.0846. The standard InChI is InChI=1S/C28H30N4O3/c1-4-32(5-2)24-15-11-21(12-16-24)19-26(30-27(33)23-9-7-6-8-10-23)28(34)31-29-20-22-13-17-25(35-3)18-14-22/h6-20H,4-5H2,1-3H3,(H,30,33)(H,31,34). The van der Waals surface area contributed by atoms with Crippen molar-refractivity contribution in [2.75, 3.05) is 25.1 Å². The summed E-state index contributed by atoms with van der Waals surface area (Å²) < 4.78 is 5.14. The van der Waals surface area contributed by atoms with Gasteiger partial charge >= 0.3 is 0 Å². The van der Waals surface area contributed by atoms with E-state index >= 15 is 0 Å². The molecule has 0 unspecified atom stereocenters. The molecule has 0 fully saturated rings. The van der Waals surface area contributed by atoms with Gasteiger partial charge in [0.2, 0.25) is 0 Å². The van der Waals surface area contributed by atoms with Crippen molar-refractivity contribution in [1.82, 2.24) is 10.7 Å². The molecule has 0 spiro atoms. The first-order valence-corrected chi connectivity index (χ1v) is 11.4. The molecule has 0 aromatic heterocycles. The molecular weight excluding hydrogens is 440 g/mol. The van der Waals surface area contributed by atoms with Crippen molar-refractivity contribution >= 4 is 29.8 Å². The number of carbonyl (C=O) groups excluding carboxylic acids is 2. The van der Waals surface area contributed by atoms with Crippen molar-refractivity contribution in [1.29, 1.82) is 0 Å². The molecule has 0 saturated heterocycles. The van der Waals surface area contributed by atoms with Crippen LogP contribution < -0.4 is 20.4 Å². The van der Waals surface area contributed by atoms with Gasteiger partial charge in [0, 0.05) is 24.3 Å². The number of benzene rings is 3. The molecule has 0 heterocycles. The summed E-state index contributed by atoms with van der Waals surface area (Å²) in [5, 5.41) is 6.75. The van der Waals surface area contributed by atoms with Gasteiger partial charge in [0.25, 0.3) is 11.8 Å². The van der Waals surface area contributed by atoms with E-state index in [0.717, 1.165) is 35.7 Å². The van der Waals surface area contributed by atoms with Gasteiger partial charge in [-0.15, -0.1) is 0 Å². The Morgan fingerprint density at radius 3 is 2.11 bits per heavy atom. The molecule has 0 bridgehead atoms. The Bertz CT molecular complexity index is 1170. The van der Waals surface area contributed by atoms with Gasteiger partial charge in [-0.25, -0.2) is 5.43 Å². The number of nitrogens with one attached hydrogen (secondary N) is 2. The van der Waals surface area contributed by atoms with Gasteiger partial charge in [0.05, 0.1) is 13.3 Å². The zero-order valence-corrected chi connectivity index (χ0v) is 20.2. The third kappa shape index (κ3) is 7.30. The van der Waals surface area contributed by atoms with Crippen molar-refractivity contribution in [3.8, 4) is 5.75 Å². The smallest absolute Gasteiger partial charge is 0.287 e. The Hall–Kier alpha value is -4.39. The number of hydrogen-bond acceptors (Lipinski definition) is 5. The average Bonchev–Trinajstić information content (AvgIpc) is 2.90. The lowest BCUT2D eigenvalue weighted by molar-refractivity contribution is -0.117. The lowest BCUT2D eigenvalue weighted by Gasteiger charge is -2.20. The minimum atomic E-state index is -0.535. The number of hydrogen-bond donors (Lipinski definition) is 2. The predicted molar refractivity (Wildman–Crippen MR) is 141 cm³/mol. The van der Waals surface area contributed by atoms with Gasteiger partial charge in [0.1, 0.15) is 11.4 Å².